The van der Waals surface area contributed by atoms with Crippen LogP contribution in [0.25, 0.3) is 6.08 Å². The first kappa shape index (κ1) is 20.0. The van der Waals surface area contributed by atoms with Crippen molar-refractivity contribution in [2.75, 3.05) is 4.72 Å². The van der Waals surface area contributed by atoms with Crippen LogP contribution in [0.15, 0.2) is 77.7 Å². The van der Waals surface area contributed by atoms with Crippen LogP contribution >= 0.6 is 0 Å². The quantitative estimate of drug-likeness (QED) is 0.213. The number of benzene rings is 3. The van der Waals surface area contributed by atoms with Gasteiger partial charge in [-0.05, 0) is 42.5 Å². The van der Waals surface area contributed by atoms with E-state index in [9.17, 15) is 28.5 Å². The molecule has 4 N–H and O–H groups in total. The van der Waals surface area contributed by atoms with Crippen molar-refractivity contribution in [1.82, 2.24) is 0 Å². The first-order valence-electron chi connectivity index (χ1n) is 8.41. The number of allylic oxidation sites excluding steroid dienone is 1. The number of hydrogen-bond donors (Lipinski definition) is 4. The predicted octanol–water partition coefficient (Wildman–Crippen LogP) is 3.50. The fourth-order valence-corrected chi connectivity index (χ4v) is 3.60. The van der Waals surface area contributed by atoms with Gasteiger partial charge in [0.15, 0.2) is 5.78 Å². The number of phenolic OH excluding ortho intramolecular Hbond substituents is 3. The Labute approximate surface area is 167 Å². The lowest BCUT2D eigenvalue weighted by molar-refractivity contribution is 0.104. The van der Waals surface area contributed by atoms with Gasteiger partial charge in [-0.15, -0.1) is 0 Å². The van der Waals surface area contributed by atoms with Gasteiger partial charge in [0.2, 0.25) is 0 Å². The van der Waals surface area contributed by atoms with E-state index in [1.165, 1.54) is 42.5 Å². The molecule has 0 saturated heterocycles. The number of aromatic hydroxyl groups is 3. The van der Waals surface area contributed by atoms with Crippen LogP contribution in [0.3, 0.4) is 0 Å². The minimum Gasteiger partial charge on any atom is -0.508 e. The molecule has 0 atom stereocenters. The molecule has 3 rings (SSSR count). The van der Waals surface area contributed by atoms with Gasteiger partial charge in [0, 0.05) is 17.2 Å². The van der Waals surface area contributed by atoms with Crippen molar-refractivity contribution in [3.63, 3.8) is 0 Å². The molecule has 0 radical (unpaired) electrons. The zero-order chi connectivity index (χ0) is 21.0. The number of ketones is 1. The number of carbonyl (C=O) groups is 1. The van der Waals surface area contributed by atoms with E-state index in [1.54, 1.807) is 30.3 Å². The van der Waals surface area contributed by atoms with Crippen LogP contribution < -0.4 is 4.72 Å². The van der Waals surface area contributed by atoms with Crippen LogP contribution in [0.5, 0.6) is 17.2 Å². The molecular weight excluding hydrogens is 394 g/mol. The Hall–Kier alpha value is -3.78. The van der Waals surface area contributed by atoms with Crippen LogP contribution in [0.2, 0.25) is 0 Å². The van der Waals surface area contributed by atoms with Crippen molar-refractivity contribution in [1.29, 1.82) is 0 Å². The van der Waals surface area contributed by atoms with Crippen molar-refractivity contribution in [3.8, 4) is 17.2 Å². The molecule has 3 aromatic rings. The monoisotopic (exact) mass is 411 g/mol. The van der Waals surface area contributed by atoms with Crippen molar-refractivity contribution >= 4 is 27.6 Å². The smallest absolute Gasteiger partial charge is 0.262 e. The lowest BCUT2D eigenvalue weighted by Crippen LogP contribution is -2.13. The Morgan fingerprint density at radius 3 is 2.17 bits per heavy atom. The molecule has 3 aromatic carbocycles. The van der Waals surface area contributed by atoms with Gasteiger partial charge in [0.05, 0.1) is 10.6 Å². The molecule has 0 aromatic heterocycles. The summed E-state index contributed by atoms with van der Waals surface area (Å²) in [7, 11) is -4.08. The Morgan fingerprint density at radius 1 is 0.862 bits per heavy atom. The summed E-state index contributed by atoms with van der Waals surface area (Å²) in [5.74, 6) is -1.18. The van der Waals surface area contributed by atoms with E-state index in [0.29, 0.717) is 5.56 Å². The molecule has 0 saturated carbocycles. The summed E-state index contributed by atoms with van der Waals surface area (Å²) < 4.78 is 27.1. The highest BCUT2D eigenvalue weighted by atomic mass is 32.2. The minimum atomic E-state index is -4.08. The predicted molar refractivity (Wildman–Crippen MR) is 108 cm³/mol. The van der Waals surface area contributed by atoms with Crippen LogP contribution in [0.4, 0.5) is 5.69 Å². The number of rotatable bonds is 6. The summed E-state index contributed by atoms with van der Waals surface area (Å²) in [5, 5.41) is 29.6. The molecule has 0 aliphatic rings. The highest BCUT2D eigenvalue weighted by molar-refractivity contribution is 7.92. The van der Waals surface area contributed by atoms with E-state index in [0.717, 1.165) is 6.07 Å². The SMILES string of the molecule is O=C(C=Cc1cc(O)cc(NS(=O)(=O)c2ccc(O)cc2)c1O)c1ccccc1. The average molecular weight is 411 g/mol. The maximum Gasteiger partial charge on any atom is 0.262 e. The van der Waals surface area contributed by atoms with E-state index in [-0.39, 0.29) is 33.4 Å². The minimum absolute atomic E-state index is 0.0534. The standard InChI is InChI=1S/C21H17NO6S/c23-16-7-9-18(10-8-16)29(27,28)22-19-13-17(24)12-15(21(19)26)6-11-20(25)14-4-2-1-3-5-14/h1-13,22-24,26H. The molecule has 0 aliphatic carbocycles. The normalized spacial score (nSPS) is 11.4. The third-order valence-electron chi connectivity index (χ3n) is 3.99. The first-order valence-corrected chi connectivity index (χ1v) is 9.90. The number of carbonyl (C=O) groups excluding carboxylic acids is 1. The summed E-state index contributed by atoms with van der Waals surface area (Å²) in [6, 6.07) is 15.5. The number of phenols is 3. The Balaban J connectivity index is 1.90. The lowest BCUT2D eigenvalue weighted by atomic mass is 10.1. The second-order valence-electron chi connectivity index (χ2n) is 6.09. The molecule has 0 heterocycles. The van der Waals surface area contributed by atoms with Gasteiger partial charge in [0.25, 0.3) is 10.0 Å². The molecule has 148 valence electrons. The largest absolute Gasteiger partial charge is 0.508 e. The maximum absolute atomic E-state index is 12.5. The maximum atomic E-state index is 12.5. The summed E-state index contributed by atoms with van der Waals surface area (Å²) in [4.78, 5) is 12.0. The van der Waals surface area contributed by atoms with Crippen LogP contribution in [0.1, 0.15) is 15.9 Å². The lowest BCUT2D eigenvalue weighted by Gasteiger charge is -2.12. The van der Waals surface area contributed by atoms with E-state index in [4.69, 9.17) is 0 Å². The van der Waals surface area contributed by atoms with E-state index < -0.39 is 15.8 Å². The number of sulfonamides is 1. The van der Waals surface area contributed by atoms with Gasteiger partial charge >= 0.3 is 0 Å². The number of anilines is 1. The van der Waals surface area contributed by atoms with E-state index in [2.05, 4.69) is 4.72 Å². The second-order valence-corrected chi connectivity index (χ2v) is 7.78. The molecule has 8 heteroatoms. The second kappa shape index (κ2) is 8.07. The van der Waals surface area contributed by atoms with Crippen molar-refractivity contribution in [2.45, 2.75) is 4.90 Å². The van der Waals surface area contributed by atoms with Gasteiger partial charge in [-0.3, -0.25) is 9.52 Å². The molecule has 0 aliphatic heterocycles. The van der Waals surface area contributed by atoms with Crippen LogP contribution in [-0.4, -0.2) is 29.5 Å². The van der Waals surface area contributed by atoms with Crippen LogP contribution in [-0.2, 0) is 10.0 Å². The fourth-order valence-electron chi connectivity index (χ4n) is 2.54. The third kappa shape index (κ3) is 4.74. The molecule has 0 spiro atoms. The Kier molecular flexibility index (Phi) is 5.56. The molecular formula is C21H17NO6S. The molecule has 7 nitrogen and oxygen atoms in total. The average Bonchev–Trinajstić information content (AvgIpc) is 2.70. The van der Waals surface area contributed by atoms with Crippen molar-refractivity contribution in [3.05, 3.63) is 83.9 Å². The zero-order valence-electron chi connectivity index (χ0n) is 15.0. The zero-order valence-corrected chi connectivity index (χ0v) is 15.8. The summed E-state index contributed by atoms with van der Waals surface area (Å²) >= 11 is 0. The van der Waals surface area contributed by atoms with E-state index >= 15 is 0 Å². The van der Waals surface area contributed by atoms with Crippen molar-refractivity contribution < 1.29 is 28.5 Å². The third-order valence-corrected chi connectivity index (χ3v) is 5.37. The molecule has 0 bridgehead atoms. The molecule has 0 unspecified atom stereocenters. The van der Waals surface area contributed by atoms with Gasteiger partial charge < -0.3 is 15.3 Å². The summed E-state index contributed by atoms with van der Waals surface area (Å²) in [6.45, 7) is 0. The highest BCUT2D eigenvalue weighted by Gasteiger charge is 2.18. The highest BCUT2D eigenvalue weighted by Crippen LogP contribution is 2.35. The molecule has 29 heavy (non-hydrogen) atoms. The Morgan fingerprint density at radius 2 is 1.52 bits per heavy atom. The van der Waals surface area contributed by atoms with Gasteiger partial charge in [-0.2, -0.15) is 0 Å². The first-order chi connectivity index (χ1) is 13.8. The van der Waals surface area contributed by atoms with Crippen LogP contribution in [0, 0.1) is 0 Å². The Bertz CT molecular complexity index is 1170. The topological polar surface area (TPSA) is 124 Å². The fraction of sp³-hybridized carbons (Fsp3) is 0. The van der Waals surface area contributed by atoms with Gasteiger partial charge in [-0.1, -0.05) is 30.3 Å². The summed E-state index contributed by atoms with van der Waals surface area (Å²) in [6.07, 6.45) is 2.49. The van der Waals surface area contributed by atoms with Gasteiger partial charge in [0.1, 0.15) is 17.2 Å². The molecule has 0 fully saturated rings. The molecule has 0 amide bonds. The summed E-state index contributed by atoms with van der Waals surface area (Å²) in [5.41, 5.74) is 0.235. The van der Waals surface area contributed by atoms with E-state index in [1.807, 2.05) is 0 Å². The van der Waals surface area contributed by atoms with Gasteiger partial charge in [-0.25, -0.2) is 8.42 Å². The number of nitrogens with one attached hydrogen (secondary N) is 1. The van der Waals surface area contributed by atoms with Crippen molar-refractivity contribution in [2.24, 2.45) is 0 Å². The number of hydrogen-bond acceptors (Lipinski definition) is 6.